The summed E-state index contributed by atoms with van der Waals surface area (Å²) in [5.74, 6) is 0. The first-order valence-electron chi connectivity index (χ1n) is 3.49. The SMILES string of the molecule is N#Cc1cc([N+](=O)[O-])c(Cl)c([N+](=O)[O-])c1. The molecule has 0 fully saturated rings. The van der Waals surface area contributed by atoms with E-state index in [1.54, 1.807) is 6.07 Å². The van der Waals surface area contributed by atoms with Crippen LogP contribution in [0.2, 0.25) is 5.02 Å². The summed E-state index contributed by atoms with van der Waals surface area (Å²) >= 11 is 5.43. The van der Waals surface area contributed by atoms with Gasteiger partial charge in [0.05, 0.1) is 21.5 Å². The van der Waals surface area contributed by atoms with Gasteiger partial charge in [-0.15, -0.1) is 0 Å². The number of nitro groups is 2. The Morgan fingerprint density at radius 2 is 1.60 bits per heavy atom. The molecule has 15 heavy (non-hydrogen) atoms. The van der Waals surface area contributed by atoms with Gasteiger partial charge >= 0.3 is 0 Å². The smallest absolute Gasteiger partial charge is 0.258 e. The van der Waals surface area contributed by atoms with E-state index in [-0.39, 0.29) is 5.56 Å². The van der Waals surface area contributed by atoms with Crippen molar-refractivity contribution >= 4 is 23.0 Å². The van der Waals surface area contributed by atoms with Crippen LogP contribution in [0.5, 0.6) is 0 Å². The fraction of sp³-hybridized carbons (Fsp3) is 0. The topological polar surface area (TPSA) is 110 Å². The van der Waals surface area contributed by atoms with Gasteiger partial charge in [0, 0.05) is 12.1 Å². The highest BCUT2D eigenvalue weighted by molar-refractivity contribution is 6.34. The summed E-state index contributed by atoms with van der Waals surface area (Å²) in [6.07, 6.45) is 0. The first-order valence-corrected chi connectivity index (χ1v) is 3.87. The van der Waals surface area contributed by atoms with E-state index in [2.05, 4.69) is 0 Å². The Morgan fingerprint density at radius 3 is 1.87 bits per heavy atom. The summed E-state index contributed by atoms with van der Waals surface area (Å²) in [6.45, 7) is 0. The van der Waals surface area contributed by atoms with E-state index in [0.717, 1.165) is 12.1 Å². The number of hydrogen-bond acceptors (Lipinski definition) is 5. The lowest BCUT2D eigenvalue weighted by molar-refractivity contribution is -0.393. The van der Waals surface area contributed by atoms with Gasteiger partial charge in [-0.3, -0.25) is 20.2 Å². The van der Waals surface area contributed by atoms with Crippen molar-refractivity contribution in [2.75, 3.05) is 0 Å². The minimum absolute atomic E-state index is 0.183. The molecule has 0 heterocycles. The largest absolute Gasteiger partial charge is 0.296 e. The highest BCUT2D eigenvalue weighted by Crippen LogP contribution is 2.34. The van der Waals surface area contributed by atoms with Crippen LogP contribution in [-0.2, 0) is 0 Å². The lowest BCUT2D eigenvalue weighted by atomic mass is 10.2. The number of nitriles is 1. The zero-order valence-electron chi connectivity index (χ0n) is 7.01. The highest BCUT2D eigenvalue weighted by Gasteiger charge is 2.24. The van der Waals surface area contributed by atoms with E-state index in [0.29, 0.717) is 0 Å². The summed E-state index contributed by atoms with van der Waals surface area (Å²) in [7, 11) is 0. The van der Waals surface area contributed by atoms with Gasteiger partial charge < -0.3 is 0 Å². The maximum Gasteiger partial charge on any atom is 0.296 e. The summed E-state index contributed by atoms with van der Waals surface area (Å²) in [5, 5.41) is 28.8. The first kappa shape index (κ1) is 10.9. The molecule has 0 aliphatic rings. The maximum atomic E-state index is 10.5. The molecule has 1 rings (SSSR count). The molecule has 0 atom stereocenters. The van der Waals surface area contributed by atoms with Crippen LogP contribution >= 0.6 is 11.6 Å². The van der Waals surface area contributed by atoms with E-state index in [1.807, 2.05) is 0 Å². The molecule has 0 aliphatic carbocycles. The van der Waals surface area contributed by atoms with Crippen molar-refractivity contribution in [2.45, 2.75) is 0 Å². The van der Waals surface area contributed by atoms with Crippen molar-refractivity contribution in [3.05, 3.63) is 42.9 Å². The van der Waals surface area contributed by atoms with Gasteiger partial charge in [-0.25, -0.2) is 0 Å². The van der Waals surface area contributed by atoms with Crippen LogP contribution in [0.15, 0.2) is 12.1 Å². The van der Waals surface area contributed by atoms with Crippen LogP contribution in [0, 0.1) is 31.6 Å². The molecule has 76 valence electrons. The molecule has 0 spiro atoms. The fourth-order valence-electron chi connectivity index (χ4n) is 0.924. The Balaban J connectivity index is 3.56. The van der Waals surface area contributed by atoms with Gasteiger partial charge in [0.15, 0.2) is 5.02 Å². The Bertz CT molecular complexity index is 458. The van der Waals surface area contributed by atoms with E-state index >= 15 is 0 Å². The average Bonchev–Trinajstić information content (AvgIpc) is 2.17. The first-order chi connectivity index (χ1) is 6.97. The molecule has 0 aliphatic heterocycles. The zero-order chi connectivity index (χ0) is 11.6. The number of benzene rings is 1. The van der Waals surface area contributed by atoms with Crippen LogP contribution in [0.25, 0.3) is 0 Å². The van der Waals surface area contributed by atoms with Gasteiger partial charge in [0.2, 0.25) is 0 Å². The highest BCUT2D eigenvalue weighted by atomic mass is 35.5. The number of nitrogens with zero attached hydrogens (tertiary/aromatic N) is 3. The molecular formula is C7H2ClN3O4. The number of halogens is 1. The molecular weight excluding hydrogens is 226 g/mol. The van der Waals surface area contributed by atoms with Gasteiger partial charge in [0.25, 0.3) is 11.4 Å². The quantitative estimate of drug-likeness (QED) is 0.567. The van der Waals surface area contributed by atoms with Crippen molar-refractivity contribution in [1.82, 2.24) is 0 Å². The van der Waals surface area contributed by atoms with E-state index in [9.17, 15) is 20.2 Å². The van der Waals surface area contributed by atoms with Crippen molar-refractivity contribution in [3.63, 3.8) is 0 Å². The lowest BCUT2D eigenvalue weighted by Gasteiger charge is -1.97. The zero-order valence-corrected chi connectivity index (χ0v) is 7.76. The van der Waals surface area contributed by atoms with Crippen molar-refractivity contribution in [3.8, 4) is 6.07 Å². The molecule has 0 radical (unpaired) electrons. The molecule has 0 bridgehead atoms. The van der Waals surface area contributed by atoms with E-state index in [1.165, 1.54) is 0 Å². The predicted octanol–water partition coefficient (Wildman–Crippen LogP) is 2.03. The second-order valence-electron chi connectivity index (χ2n) is 2.45. The third-order valence-electron chi connectivity index (χ3n) is 1.56. The standard InChI is InChI=1S/C7H2ClN3O4/c8-7-5(10(12)13)1-4(3-9)2-6(7)11(14)15/h1-2H. The molecule has 1 aromatic rings. The minimum Gasteiger partial charge on any atom is -0.258 e. The maximum absolute atomic E-state index is 10.5. The molecule has 7 nitrogen and oxygen atoms in total. The monoisotopic (exact) mass is 227 g/mol. The van der Waals surface area contributed by atoms with Crippen LogP contribution < -0.4 is 0 Å². The predicted molar refractivity (Wildman–Crippen MR) is 49.5 cm³/mol. The van der Waals surface area contributed by atoms with Gasteiger partial charge in [0.1, 0.15) is 0 Å². The number of rotatable bonds is 2. The van der Waals surface area contributed by atoms with Gasteiger partial charge in [-0.05, 0) is 0 Å². The second kappa shape index (κ2) is 3.89. The van der Waals surface area contributed by atoms with E-state index in [4.69, 9.17) is 16.9 Å². The Labute approximate surface area is 87.8 Å². The number of nitro benzene ring substituents is 2. The fourth-order valence-corrected chi connectivity index (χ4v) is 1.17. The third-order valence-corrected chi connectivity index (χ3v) is 1.94. The molecule has 0 N–H and O–H groups in total. The summed E-state index contributed by atoms with van der Waals surface area (Å²) in [4.78, 5) is 19.2. The number of hydrogen-bond donors (Lipinski definition) is 0. The lowest BCUT2D eigenvalue weighted by Crippen LogP contribution is -1.96. The van der Waals surface area contributed by atoms with Crippen LogP contribution in [0.1, 0.15) is 5.56 Å². The van der Waals surface area contributed by atoms with Crippen LogP contribution in [0.3, 0.4) is 0 Å². The molecule has 0 saturated heterocycles. The summed E-state index contributed by atoms with van der Waals surface area (Å²) in [5.41, 5.74) is -1.48. The normalized spacial score (nSPS) is 9.33. The van der Waals surface area contributed by atoms with Gasteiger partial charge in [-0.2, -0.15) is 5.26 Å². The third kappa shape index (κ3) is 2.00. The average molecular weight is 228 g/mol. The van der Waals surface area contributed by atoms with Crippen LogP contribution in [-0.4, -0.2) is 9.85 Å². The molecule has 0 amide bonds. The molecule has 1 aromatic carbocycles. The summed E-state index contributed by atoms with van der Waals surface area (Å²) in [6, 6.07) is 3.35. The summed E-state index contributed by atoms with van der Waals surface area (Å²) < 4.78 is 0. The van der Waals surface area contributed by atoms with Crippen molar-refractivity contribution < 1.29 is 9.85 Å². The minimum atomic E-state index is -0.879. The Morgan fingerprint density at radius 1 is 1.20 bits per heavy atom. The van der Waals surface area contributed by atoms with Crippen molar-refractivity contribution in [2.24, 2.45) is 0 Å². The van der Waals surface area contributed by atoms with Gasteiger partial charge in [-0.1, -0.05) is 11.6 Å². The molecule has 8 heteroatoms. The van der Waals surface area contributed by atoms with Crippen LogP contribution in [0.4, 0.5) is 11.4 Å². The van der Waals surface area contributed by atoms with E-state index < -0.39 is 26.2 Å². The molecule has 0 aromatic heterocycles. The van der Waals surface area contributed by atoms with Crippen molar-refractivity contribution in [1.29, 1.82) is 5.26 Å². The second-order valence-corrected chi connectivity index (χ2v) is 2.83. The Kier molecular flexibility index (Phi) is 2.82. The Hall–Kier alpha value is -2.20. The molecule has 0 saturated carbocycles. The molecule has 0 unspecified atom stereocenters.